The summed E-state index contributed by atoms with van der Waals surface area (Å²) in [7, 11) is 3.29. The van der Waals surface area contributed by atoms with E-state index in [0.29, 0.717) is 22.1 Å². The van der Waals surface area contributed by atoms with E-state index in [9.17, 15) is 9.59 Å². The van der Waals surface area contributed by atoms with Crippen molar-refractivity contribution >= 4 is 28.1 Å². The van der Waals surface area contributed by atoms with Gasteiger partial charge in [0.2, 0.25) is 0 Å². The lowest BCUT2D eigenvalue weighted by molar-refractivity contribution is -0.130. The van der Waals surface area contributed by atoms with Crippen LogP contribution >= 0.6 is 15.9 Å². The predicted octanol–water partition coefficient (Wildman–Crippen LogP) is 1.73. The van der Waals surface area contributed by atoms with Gasteiger partial charge in [-0.15, -0.1) is 0 Å². The first kappa shape index (κ1) is 12.7. The van der Waals surface area contributed by atoms with Crippen LogP contribution < -0.4 is 4.74 Å². The molecule has 0 aliphatic carbocycles. The van der Waals surface area contributed by atoms with E-state index >= 15 is 0 Å². The Labute approximate surface area is 102 Å². The van der Waals surface area contributed by atoms with Crippen LogP contribution in [0.3, 0.4) is 0 Å². The van der Waals surface area contributed by atoms with Crippen molar-refractivity contribution in [3.8, 4) is 5.75 Å². The number of likely N-dealkylation sites (N-methyl/N-ethyl adjacent to an activating group) is 1. The molecule has 0 unspecified atom stereocenters. The molecule has 1 aromatic carbocycles. The molecule has 5 heteroatoms. The van der Waals surface area contributed by atoms with Gasteiger partial charge in [-0.1, -0.05) is 6.07 Å². The Morgan fingerprint density at radius 2 is 2.19 bits per heavy atom. The van der Waals surface area contributed by atoms with Gasteiger partial charge in [0.15, 0.2) is 12.9 Å². The first-order chi connectivity index (χ1) is 7.56. The molecule has 0 fully saturated rings. The molecular formula is C11H12BrNO3. The smallest absolute Gasteiger partial charge is 0.259 e. The van der Waals surface area contributed by atoms with Crippen LogP contribution in [0.15, 0.2) is 22.7 Å². The fourth-order valence-corrected chi connectivity index (χ4v) is 1.53. The van der Waals surface area contributed by atoms with Crippen LogP contribution in [-0.4, -0.2) is 37.8 Å². The molecule has 16 heavy (non-hydrogen) atoms. The molecule has 0 saturated heterocycles. The molecule has 86 valence electrons. The van der Waals surface area contributed by atoms with Crippen LogP contribution in [0.25, 0.3) is 0 Å². The molecule has 4 nitrogen and oxygen atoms in total. The van der Waals surface area contributed by atoms with E-state index < -0.39 is 0 Å². The zero-order chi connectivity index (χ0) is 12.1. The molecule has 0 heterocycles. The highest BCUT2D eigenvalue weighted by atomic mass is 79.9. The lowest BCUT2D eigenvalue weighted by Gasteiger charge is -2.13. The highest BCUT2D eigenvalue weighted by Gasteiger charge is 2.10. The Hall–Kier alpha value is -1.36. The number of ether oxygens (including phenoxy) is 1. The van der Waals surface area contributed by atoms with Gasteiger partial charge in [0.25, 0.3) is 5.91 Å². The van der Waals surface area contributed by atoms with Gasteiger partial charge in [-0.3, -0.25) is 9.59 Å². The zero-order valence-corrected chi connectivity index (χ0v) is 10.7. The second-order valence-corrected chi connectivity index (χ2v) is 4.21. The van der Waals surface area contributed by atoms with Gasteiger partial charge in [0, 0.05) is 14.1 Å². The zero-order valence-electron chi connectivity index (χ0n) is 9.07. The summed E-state index contributed by atoms with van der Waals surface area (Å²) in [6.07, 6.45) is 0.695. The Balaban J connectivity index is 2.80. The summed E-state index contributed by atoms with van der Waals surface area (Å²) in [5.74, 6) is 0.236. The van der Waals surface area contributed by atoms with Crippen LogP contribution in [0.4, 0.5) is 0 Å². The minimum Gasteiger partial charge on any atom is -0.482 e. The van der Waals surface area contributed by atoms with Crippen LogP contribution in [0.1, 0.15) is 10.4 Å². The van der Waals surface area contributed by atoms with E-state index in [1.54, 1.807) is 32.3 Å². The summed E-state index contributed by atoms with van der Waals surface area (Å²) in [5, 5.41) is 0. The van der Waals surface area contributed by atoms with Gasteiger partial charge in [-0.25, -0.2) is 0 Å². The maximum Gasteiger partial charge on any atom is 0.259 e. The standard InChI is InChI=1S/C11H12BrNO3/c1-13(2)10(15)7-16-11-8(6-14)4-3-5-9(11)12/h3-6H,7H2,1-2H3. The molecular weight excluding hydrogens is 274 g/mol. The second-order valence-electron chi connectivity index (χ2n) is 3.35. The fraction of sp³-hybridized carbons (Fsp3) is 0.273. The number of benzene rings is 1. The largest absolute Gasteiger partial charge is 0.482 e. The van der Waals surface area contributed by atoms with Crippen molar-refractivity contribution in [3.05, 3.63) is 28.2 Å². The van der Waals surface area contributed by atoms with Crippen molar-refractivity contribution in [1.29, 1.82) is 0 Å². The Kier molecular flexibility index (Phi) is 4.49. The van der Waals surface area contributed by atoms with Crippen LogP contribution in [0, 0.1) is 0 Å². The molecule has 0 saturated carbocycles. The van der Waals surface area contributed by atoms with E-state index in [0.717, 1.165) is 0 Å². The number of hydrogen-bond acceptors (Lipinski definition) is 3. The van der Waals surface area contributed by atoms with E-state index in [1.165, 1.54) is 4.90 Å². The van der Waals surface area contributed by atoms with Gasteiger partial charge in [-0.2, -0.15) is 0 Å². The van der Waals surface area contributed by atoms with E-state index in [-0.39, 0.29) is 12.5 Å². The summed E-state index contributed by atoms with van der Waals surface area (Å²) < 4.78 is 5.97. The quantitative estimate of drug-likeness (QED) is 0.792. The number of nitrogens with zero attached hydrogens (tertiary/aromatic N) is 1. The first-order valence-electron chi connectivity index (χ1n) is 4.63. The number of carbonyl (C=O) groups is 2. The SMILES string of the molecule is CN(C)C(=O)COc1c(Br)cccc1C=O. The van der Waals surface area contributed by atoms with Gasteiger partial charge >= 0.3 is 0 Å². The second kappa shape index (κ2) is 5.65. The van der Waals surface area contributed by atoms with Gasteiger partial charge in [-0.05, 0) is 28.1 Å². The Bertz CT molecular complexity index is 404. The minimum atomic E-state index is -0.160. The third kappa shape index (κ3) is 3.06. The average Bonchev–Trinajstić information content (AvgIpc) is 2.26. The minimum absolute atomic E-state index is 0.0869. The Morgan fingerprint density at radius 3 is 2.75 bits per heavy atom. The van der Waals surface area contributed by atoms with Crippen molar-refractivity contribution < 1.29 is 14.3 Å². The maximum atomic E-state index is 11.3. The fourth-order valence-electron chi connectivity index (χ4n) is 1.03. The number of aldehydes is 1. The summed E-state index contributed by atoms with van der Waals surface area (Å²) in [4.78, 5) is 23.5. The van der Waals surface area contributed by atoms with E-state index in [2.05, 4.69) is 15.9 Å². The summed E-state index contributed by atoms with van der Waals surface area (Å²) >= 11 is 3.27. The molecule has 1 amide bonds. The number of carbonyl (C=O) groups excluding carboxylic acids is 2. The normalized spacial score (nSPS) is 9.69. The number of halogens is 1. The van der Waals surface area contributed by atoms with Crippen LogP contribution in [-0.2, 0) is 4.79 Å². The molecule has 0 radical (unpaired) electrons. The van der Waals surface area contributed by atoms with Crippen molar-refractivity contribution in [2.75, 3.05) is 20.7 Å². The molecule has 0 atom stereocenters. The van der Waals surface area contributed by atoms with E-state index in [4.69, 9.17) is 4.74 Å². The molecule has 1 rings (SSSR count). The topological polar surface area (TPSA) is 46.6 Å². The molecule has 0 bridgehead atoms. The molecule has 0 spiro atoms. The third-order valence-corrected chi connectivity index (χ3v) is 2.59. The number of para-hydroxylation sites is 1. The molecule has 0 aliphatic rings. The van der Waals surface area contributed by atoms with Crippen molar-refractivity contribution in [3.63, 3.8) is 0 Å². The maximum absolute atomic E-state index is 11.3. The highest BCUT2D eigenvalue weighted by Crippen LogP contribution is 2.27. The Morgan fingerprint density at radius 1 is 1.50 bits per heavy atom. The molecule has 0 aromatic heterocycles. The van der Waals surface area contributed by atoms with Crippen molar-refractivity contribution in [2.24, 2.45) is 0 Å². The predicted molar refractivity (Wildman–Crippen MR) is 63.7 cm³/mol. The average molecular weight is 286 g/mol. The summed E-state index contributed by atoms with van der Waals surface area (Å²) in [6, 6.07) is 5.12. The molecule has 0 aliphatic heterocycles. The molecule has 1 aromatic rings. The summed E-state index contributed by atoms with van der Waals surface area (Å²) in [6.45, 7) is -0.0869. The monoisotopic (exact) mass is 285 g/mol. The third-order valence-electron chi connectivity index (χ3n) is 1.96. The van der Waals surface area contributed by atoms with Crippen molar-refractivity contribution in [1.82, 2.24) is 4.90 Å². The molecule has 0 N–H and O–H groups in total. The van der Waals surface area contributed by atoms with E-state index in [1.807, 2.05) is 0 Å². The number of hydrogen-bond donors (Lipinski definition) is 0. The lowest BCUT2D eigenvalue weighted by atomic mass is 10.2. The summed E-state index contributed by atoms with van der Waals surface area (Å²) in [5.41, 5.74) is 0.418. The van der Waals surface area contributed by atoms with Crippen LogP contribution in [0.2, 0.25) is 0 Å². The van der Waals surface area contributed by atoms with Crippen LogP contribution in [0.5, 0.6) is 5.75 Å². The van der Waals surface area contributed by atoms with Gasteiger partial charge in [0.1, 0.15) is 5.75 Å². The van der Waals surface area contributed by atoms with Gasteiger partial charge < -0.3 is 9.64 Å². The van der Waals surface area contributed by atoms with Crippen molar-refractivity contribution in [2.45, 2.75) is 0 Å². The number of rotatable bonds is 4. The highest BCUT2D eigenvalue weighted by molar-refractivity contribution is 9.10. The van der Waals surface area contributed by atoms with Gasteiger partial charge in [0.05, 0.1) is 10.0 Å². The number of amides is 1. The lowest BCUT2D eigenvalue weighted by Crippen LogP contribution is -2.27. The first-order valence-corrected chi connectivity index (χ1v) is 5.42.